The fraction of sp³-hybridized carbons (Fsp3) is 0.278. The first-order chi connectivity index (χ1) is 11.2. The summed E-state index contributed by atoms with van der Waals surface area (Å²) in [6.45, 7) is 4.22. The molecule has 2 aromatic carbocycles. The largest absolute Gasteiger partial charge is 0.457 e. The predicted molar refractivity (Wildman–Crippen MR) is 99.3 cm³/mol. The van der Waals surface area contributed by atoms with E-state index in [0.29, 0.717) is 6.54 Å². The molecular formula is C18H21NO2S2. The van der Waals surface area contributed by atoms with Crippen molar-refractivity contribution >= 4 is 29.4 Å². The van der Waals surface area contributed by atoms with E-state index in [1.807, 2.05) is 59.9 Å². The van der Waals surface area contributed by atoms with E-state index >= 15 is 0 Å². The molecule has 0 aliphatic heterocycles. The van der Waals surface area contributed by atoms with E-state index in [-0.39, 0.29) is 5.91 Å². The molecule has 0 spiro atoms. The van der Waals surface area contributed by atoms with Gasteiger partial charge in [0, 0.05) is 23.4 Å². The quantitative estimate of drug-likeness (QED) is 0.418. The Balaban J connectivity index is 1.87. The second kappa shape index (κ2) is 9.53. The zero-order valence-corrected chi connectivity index (χ0v) is 15.0. The maximum atomic E-state index is 10.9. The van der Waals surface area contributed by atoms with Crippen LogP contribution in [0, 0.1) is 0 Å². The van der Waals surface area contributed by atoms with E-state index in [1.54, 1.807) is 0 Å². The lowest BCUT2D eigenvalue weighted by Crippen LogP contribution is -2.18. The average Bonchev–Trinajstić information content (AvgIpc) is 2.56. The van der Waals surface area contributed by atoms with E-state index in [1.165, 1.54) is 11.8 Å². The fourth-order valence-corrected chi connectivity index (χ4v) is 3.71. The minimum atomic E-state index is -0.0272. The molecule has 2 rings (SSSR count). The summed E-state index contributed by atoms with van der Waals surface area (Å²) in [4.78, 5) is 12.2. The van der Waals surface area contributed by atoms with Crippen LogP contribution >= 0.6 is 23.5 Å². The Morgan fingerprint density at radius 3 is 2.22 bits per heavy atom. The van der Waals surface area contributed by atoms with E-state index in [4.69, 9.17) is 4.74 Å². The summed E-state index contributed by atoms with van der Waals surface area (Å²) in [6.07, 6.45) is 0. The number of amides is 1. The second-order valence-corrected chi connectivity index (χ2v) is 7.57. The van der Waals surface area contributed by atoms with Gasteiger partial charge in [-0.3, -0.25) is 4.79 Å². The van der Waals surface area contributed by atoms with Crippen LogP contribution in [-0.4, -0.2) is 16.7 Å². The molecule has 0 heterocycles. The van der Waals surface area contributed by atoms with Crippen LogP contribution in [0.25, 0.3) is 0 Å². The third kappa shape index (κ3) is 6.59. The fourth-order valence-electron chi connectivity index (χ4n) is 1.83. The Labute approximate surface area is 146 Å². The van der Waals surface area contributed by atoms with Crippen molar-refractivity contribution in [2.24, 2.45) is 0 Å². The minimum Gasteiger partial charge on any atom is -0.457 e. The van der Waals surface area contributed by atoms with Crippen molar-refractivity contribution in [1.29, 1.82) is 0 Å². The average molecular weight is 348 g/mol. The highest BCUT2D eigenvalue weighted by atomic mass is 32.2. The van der Waals surface area contributed by atoms with Gasteiger partial charge in [-0.05, 0) is 47.7 Å². The maximum absolute atomic E-state index is 10.9. The lowest BCUT2D eigenvalue weighted by Gasteiger charge is -2.08. The normalized spacial score (nSPS) is 10.3. The Morgan fingerprint density at radius 1 is 1.04 bits per heavy atom. The number of ether oxygens (including phenoxy) is 1. The third-order valence-corrected chi connectivity index (χ3v) is 5.19. The van der Waals surface area contributed by atoms with Gasteiger partial charge in [0.05, 0.1) is 0 Å². The molecular weight excluding hydrogens is 326 g/mol. The number of hydrogen-bond donors (Lipinski definition) is 1. The smallest absolute Gasteiger partial charge is 0.217 e. The first-order valence-electron chi connectivity index (χ1n) is 7.49. The Hall–Kier alpha value is -1.59. The van der Waals surface area contributed by atoms with Crippen LogP contribution in [0.3, 0.4) is 0 Å². The topological polar surface area (TPSA) is 38.3 Å². The number of carbonyl (C=O) groups is 1. The van der Waals surface area contributed by atoms with Crippen molar-refractivity contribution in [2.75, 3.05) is 10.8 Å². The van der Waals surface area contributed by atoms with Gasteiger partial charge in [0.25, 0.3) is 0 Å². The van der Waals surface area contributed by atoms with Crippen molar-refractivity contribution in [3.63, 3.8) is 0 Å². The van der Waals surface area contributed by atoms with Gasteiger partial charge < -0.3 is 10.1 Å². The molecule has 0 radical (unpaired) electrons. The SMILES string of the molecule is CCSCSc1ccc(Oc2ccc(CNC(C)=O)cc2)cc1. The van der Waals surface area contributed by atoms with E-state index < -0.39 is 0 Å². The van der Waals surface area contributed by atoms with Crippen molar-refractivity contribution < 1.29 is 9.53 Å². The van der Waals surface area contributed by atoms with Gasteiger partial charge in [-0.2, -0.15) is 11.8 Å². The van der Waals surface area contributed by atoms with E-state index in [2.05, 4.69) is 24.4 Å². The number of thioether (sulfide) groups is 2. The molecule has 0 fully saturated rings. The molecule has 0 saturated carbocycles. The number of carbonyl (C=O) groups excluding carboxylic acids is 1. The maximum Gasteiger partial charge on any atom is 0.217 e. The summed E-state index contributed by atoms with van der Waals surface area (Å²) in [6, 6.07) is 15.9. The first kappa shape index (κ1) is 17.8. The summed E-state index contributed by atoms with van der Waals surface area (Å²) in [5, 5.41) is 3.85. The van der Waals surface area contributed by atoms with Crippen LogP contribution in [0.4, 0.5) is 0 Å². The lowest BCUT2D eigenvalue weighted by atomic mass is 10.2. The molecule has 23 heavy (non-hydrogen) atoms. The molecule has 1 amide bonds. The molecule has 122 valence electrons. The van der Waals surface area contributed by atoms with Crippen molar-refractivity contribution in [3.05, 3.63) is 54.1 Å². The second-order valence-electron chi connectivity index (χ2n) is 4.88. The van der Waals surface area contributed by atoms with Gasteiger partial charge in [0.15, 0.2) is 0 Å². The molecule has 0 aromatic heterocycles. The zero-order valence-electron chi connectivity index (χ0n) is 13.4. The minimum absolute atomic E-state index is 0.0272. The van der Waals surface area contributed by atoms with Crippen molar-refractivity contribution in [1.82, 2.24) is 5.32 Å². The van der Waals surface area contributed by atoms with Crippen LogP contribution in [0.15, 0.2) is 53.4 Å². The van der Waals surface area contributed by atoms with Crippen LogP contribution in [0.5, 0.6) is 11.5 Å². The lowest BCUT2D eigenvalue weighted by molar-refractivity contribution is -0.119. The number of nitrogens with one attached hydrogen (secondary N) is 1. The molecule has 0 bridgehead atoms. The Morgan fingerprint density at radius 2 is 1.65 bits per heavy atom. The number of benzene rings is 2. The van der Waals surface area contributed by atoms with Gasteiger partial charge in [-0.15, -0.1) is 11.8 Å². The molecule has 0 saturated heterocycles. The summed E-state index contributed by atoms with van der Waals surface area (Å²) in [5.41, 5.74) is 1.05. The molecule has 2 aromatic rings. The Bertz CT molecular complexity index is 612. The standard InChI is InChI=1S/C18H21NO2S2/c1-3-22-13-23-18-10-8-17(9-11-18)21-16-6-4-15(5-7-16)12-19-14(2)20/h4-11H,3,12-13H2,1-2H3,(H,19,20). The van der Waals surface area contributed by atoms with Crippen LogP contribution in [0.2, 0.25) is 0 Å². The van der Waals surface area contributed by atoms with E-state index in [9.17, 15) is 4.79 Å². The molecule has 1 N–H and O–H groups in total. The molecule has 3 nitrogen and oxygen atoms in total. The van der Waals surface area contributed by atoms with Gasteiger partial charge in [-0.1, -0.05) is 19.1 Å². The van der Waals surface area contributed by atoms with Gasteiger partial charge in [0.2, 0.25) is 5.91 Å². The number of rotatable bonds is 8. The van der Waals surface area contributed by atoms with E-state index in [0.717, 1.165) is 27.9 Å². The molecule has 0 aliphatic carbocycles. The summed E-state index contributed by atoms with van der Waals surface area (Å²) < 4.78 is 5.84. The van der Waals surface area contributed by atoms with Crippen LogP contribution in [0.1, 0.15) is 19.4 Å². The monoisotopic (exact) mass is 347 g/mol. The van der Waals surface area contributed by atoms with Crippen molar-refractivity contribution in [2.45, 2.75) is 25.3 Å². The summed E-state index contributed by atoms with van der Waals surface area (Å²) in [5.74, 6) is 2.73. The highest BCUT2D eigenvalue weighted by molar-refractivity contribution is 8.16. The molecule has 0 unspecified atom stereocenters. The summed E-state index contributed by atoms with van der Waals surface area (Å²) >= 11 is 3.76. The third-order valence-electron chi connectivity index (χ3n) is 3.04. The molecule has 0 aliphatic rings. The highest BCUT2D eigenvalue weighted by Crippen LogP contribution is 2.27. The first-order valence-corrected chi connectivity index (χ1v) is 9.63. The highest BCUT2D eigenvalue weighted by Gasteiger charge is 2.00. The molecule has 0 atom stereocenters. The Kier molecular flexibility index (Phi) is 7.36. The van der Waals surface area contributed by atoms with Crippen molar-refractivity contribution in [3.8, 4) is 11.5 Å². The van der Waals surface area contributed by atoms with Gasteiger partial charge in [-0.25, -0.2) is 0 Å². The van der Waals surface area contributed by atoms with Gasteiger partial charge in [0.1, 0.15) is 11.5 Å². The van der Waals surface area contributed by atoms with Gasteiger partial charge >= 0.3 is 0 Å². The number of hydrogen-bond acceptors (Lipinski definition) is 4. The van der Waals surface area contributed by atoms with Crippen LogP contribution in [-0.2, 0) is 11.3 Å². The molecule has 5 heteroatoms. The predicted octanol–water partition coefficient (Wildman–Crippen LogP) is 4.92. The zero-order chi connectivity index (χ0) is 16.5. The summed E-state index contributed by atoms with van der Waals surface area (Å²) in [7, 11) is 0. The van der Waals surface area contributed by atoms with Crippen LogP contribution < -0.4 is 10.1 Å².